The van der Waals surface area contributed by atoms with Crippen LogP contribution in [-0.2, 0) is 23.8 Å². The first-order valence-corrected chi connectivity index (χ1v) is 8.81. The topological polar surface area (TPSA) is 65.1 Å². The lowest BCUT2D eigenvalue weighted by Crippen LogP contribution is -2.45. The van der Waals surface area contributed by atoms with Gasteiger partial charge in [0.05, 0.1) is 18.1 Å². The summed E-state index contributed by atoms with van der Waals surface area (Å²) in [4.78, 5) is 27.5. The minimum atomic E-state index is -1.01. The Bertz CT molecular complexity index is 617. The monoisotopic (exact) mass is 335 g/mol. The smallest absolute Gasteiger partial charge is 0.338 e. The summed E-state index contributed by atoms with van der Waals surface area (Å²) in [5.74, 6) is -0.584. The molecule has 0 aromatic carbocycles. The number of cyclic esters (lactones) is 1. The Labute approximate surface area is 142 Å². The number of rotatable bonds is 0. The van der Waals surface area contributed by atoms with Gasteiger partial charge in [-0.25, -0.2) is 4.79 Å². The van der Waals surface area contributed by atoms with E-state index < -0.39 is 11.2 Å². The van der Waals surface area contributed by atoms with Gasteiger partial charge in [0.2, 0.25) is 0 Å². The van der Waals surface area contributed by atoms with Gasteiger partial charge < -0.3 is 14.2 Å². The van der Waals surface area contributed by atoms with Gasteiger partial charge in [0.15, 0.2) is 5.60 Å². The number of ether oxygens (including phenoxy) is 3. The molecule has 24 heavy (non-hydrogen) atoms. The number of esters is 2. The molecule has 0 aliphatic carbocycles. The van der Waals surface area contributed by atoms with Crippen molar-refractivity contribution < 1.29 is 23.8 Å². The lowest BCUT2D eigenvalue weighted by molar-refractivity contribution is -0.184. The van der Waals surface area contributed by atoms with Gasteiger partial charge in [0.1, 0.15) is 12.7 Å². The van der Waals surface area contributed by atoms with Crippen LogP contribution < -0.4 is 0 Å². The Morgan fingerprint density at radius 1 is 1.29 bits per heavy atom. The van der Waals surface area contributed by atoms with Crippen molar-refractivity contribution in [1.82, 2.24) is 4.90 Å². The first-order chi connectivity index (χ1) is 11.3. The Morgan fingerprint density at radius 2 is 2.08 bits per heavy atom. The maximum atomic E-state index is 12.7. The predicted molar refractivity (Wildman–Crippen MR) is 85.2 cm³/mol. The van der Waals surface area contributed by atoms with Crippen LogP contribution >= 0.6 is 0 Å². The third-order valence-electron chi connectivity index (χ3n) is 6.13. The first-order valence-electron chi connectivity index (χ1n) is 8.81. The molecule has 0 spiro atoms. The van der Waals surface area contributed by atoms with E-state index in [-0.39, 0.29) is 43.0 Å². The highest BCUT2D eigenvalue weighted by Gasteiger charge is 2.56. The Hall–Kier alpha value is -1.40. The van der Waals surface area contributed by atoms with Gasteiger partial charge in [-0.2, -0.15) is 0 Å². The van der Waals surface area contributed by atoms with Crippen LogP contribution in [-0.4, -0.2) is 59.9 Å². The van der Waals surface area contributed by atoms with Crippen LogP contribution in [0, 0.1) is 5.92 Å². The van der Waals surface area contributed by atoms with Crippen molar-refractivity contribution in [3.63, 3.8) is 0 Å². The minimum Gasteiger partial charge on any atom is -0.460 e. The highest BCUT2D eigenvalue weighted by atomic mass is 16.6. The molecule has 0 amide bonds. The molecule has 0 unspecified atom stereocenters. The van der Waals surface area contributed by atoms with E-state index in [9.17, 15) is 9.59 Å². The molecule has 4 heterocycles. The maximum absolute atomic E-state index is 12.7. The Balaban J connectivity index is 1.65. The highest BCUT2D eigenvalue weighted by Crippen LogP contribution is 2.45. The third kappa shape index (κ3) is 2.39. The molecule has 132 valence electrons. The zero-order valence-corrected chi connectivity index (χ0v) is 14.5. The lowest BCUT2D eigenvalue weighted by atomic mass is 9.86. The second-order valence-electron chi connectivity index (χ2n) is 8.05. The second-order valence-corrected chi connectivity index (χ2v) is 8.05. The van der Waals surface area contributed by atoms with Crippen molar-refractivity contribution in [3.8, 4) is 0 Å². The molecule has 2 bridgehead atoms. The van der Waals surface area contributed by atoms with E-state index in [0.29, 0.717) is 6.42 Å². The number of hydrogen-bond acceptors (Lipinski definition) is 6. The molecule has 3 saturated heterocycles. The van der Waals surface area contributed by atoms with Crippen molar-refractivity contribution in [3.05, 3.63) is 11.6 Å². The average Bonchev–Trinajstić information content (AvgIpc) is 3.11. The largest absolute Gasteiger partial charge is 0.460 e. The summed E-state index contributed by atoms with van der Waals surface area (Å²) in [7, 11) is 0. The summed E-state index contributed by atoms with van der Waals surface area (Å²) in [6.45, 7) is 7.61. The van der Waals surface area contributed by atoms with Gasteiger partial charge in [-0.1, -0.05) is 13.0 Å². The predicted octanol–water partition coefficient (Wildman–Crippen LogP) is 1.43. The standard InChI is InChI=1S/C18H25NO5/c1-11-8-17(2)9-14(20)23-13-5-7-19-6-4-12(15(13)19)10-22-16(21)18(11,3)24-17/h4,11,13,15H,5-10H2,1-3H3/t11-,13-,15-,17+,18+/m1/s1. The highest BCUT2D eigenvalue weighted by molar-refractivity contribution is 5.80. The second kappa shape index (κ2) is 5.30. The number of carbonyl (C=O) groups is 2. The summed E-state index contributed by atoms with van der Waals surface area (Å²) < 4.78 is 17.5. The summed E-state index contributed by atoms with van der Waals surface area (Å²) in [5, 5.41) is 0. The van der Waals surface area contributed by atoms with Crippen LogP contribution in [0.1, 0.15) is 40.0 Å². The van der Waals surface area contributed by atoms with Crippen LogP contribution in [0.4, 0.5) is 0 Å². The average molecular weight is 335 g/mol. The van der Waals surface area contributed by atoms with E-state index in [0.717, 1.165) is 25.1 Å². The van der Waals surface area contributed by atoms with Crippen LogP contribution in [0.25, 0.3) is 0 Å². The molecule has 0 saturated carbocycles. The van der Waals surface area contributed by atoms with Gasteiger partial charge in [-0.05, 0) is 38.2 Å². The van der Waals surface area contributed by atoms with E-state index in [1.165, 1.54) is 0 Å². The third-order valence-corrected chi connectivity index (χ3v) is 6.13. The van der Waals surface area contributed by atoms with Crippen molar-refractivity contribution in [2.75, 3.05) is 19.7 Å². The van der Waals surface area contributed by atoms with E-state index in [1.807, 2.05) is 13.8 Å². The zero-order chi connectivity index (χ0) is 17.1. The summed E-state index contributed by atoms with van der Waals surface area (Å²) >= 11 is 0. The van der Waals surface area contributed by atoms with E-state index in [1.54, 1.807) is 6.92 Å². The molecule has 0 N–H and O–H groups in total. The van der Waals surface area contributed by atoms with Crippen LogP contribution in [0.3, 0.4) is 0 Å². The zero-order valence-electron chi connectivity index (χ0n) is 14.5. The van der Waals surface area contributed by atoms with E-state index >= 15 is 0 Å². The molecule has 4 aliphatic heterocycles. The summed E-state index contributed by atoms with van der Waals surface area (Å²) in [6.07, 6.45) is 3.57. The van der Waals surface area contributed by atoms with Gasteiger partial charge in [0, 0.05) is 13.1 Å². The fourth-order valence-corrected chi connectivity index (χ4v) is 4.78. The molecule has 0 aromatic heterocycles. The summed E-state index contributed by atoms with van der Waals surface area (Å²) in [5.41, 5.74) is -0.658. The molecule has 3 fully saturated rings. The van der Waals surface area contributed by atoms with Crippen molar-refractivity contribution >= 4 is 11.9 Å². The van der Waals surface area contributed by atoms with Gasteiger partial charge in [-0.15, -0.1) is 0 Å². The first kappa shape index (κ1) is 16.1. The van der Waals surface area contributed by atoms with Gasteiger partial charge in [0.25, 0.3) is 0 Å². The molecule has 6 nitrogen and oxygen atoms in total. The number of nitrogens with zero attached hydrogens (tertiary/aromatic N) is 1. The number of fused-ring (bicyclic) bond motifs is 2. The molecule has 0 aromatic rings. The van der Waals surface area contributed by atoms with E-state index in [4.69, 9.17) is 14.2 Å². The van der Waals surface area contributed by atoms with Crippen molar-refractivity contribution in [1.29, 1.82) is 0 Å². The van der Waals surface area contributed by atoms with Crippen LogP contribution in [0.2, 0.25) is 0 Å². The molecule has 0 radical (unpaired) electrons. The summed E-state index contributed by atoms with van der Waals surface area (Å²) in [6, 6.07) is 0.0535. The Morgan fingerprint density at radius 3 is 2.88 bits per heavy atom. The molecule has 4 rings (SSSR count). The van der Waals surface area contributed by atoms with Gasteiger partial charge >= 0.3 is 11.9 Å². The minimum absolute atomic E-state index is 0.0166. The van der Waals surface area contributed by atoms with Crippen LogP contribution in [0.5, 0.6) is 0 Å². The molecular formula is C18H25NO5. The fourth-order valence-electron chi connectivity index (χ4n) is 4.78. The normalized spacial score (nSPS) is 45.8. The van der Waals surface area contributed by atoms with Crippen molar-refractivity contribution in [2.45, 2.75) is 63.4 Å². The number of carbonyl (C=O) groups excluding carboxylic acids is 2. The SMILES string of the molecule is C[C@@H]1C[C@@]2(C)CC(=O)O[C@@H]3CCN4CC=C(COC(=O)[C@@]1(C)O2)[C@H]34. The van der Waals surface area contributed by atoms with E-state index in [2.05, 4.69) is 11.0 Å². The maximum Gasteiger partial charge on any atom is 0.338 e. The molecule has 5 atom stereocenters. The lowest BCUT2D eigenvalue weighted by Gasteiger charge is -2.32. The van der Waals surface area contributed by atoms with Crippen LogP contribution in [0.15, 0.2) is 11.6 Å². The Kier molecular flexibility index (Phi) is 3.55. The fraction of sp³-hybridized carbons (Fsp3) is 0.778. The van der Waals surface area contributed by atoms with Gasteiger partial charge in [-0.3, -0.25) is 9.69 Å². The number of hydrogen-bond donors (Lipinski definition) is 0. The van der Waals surface area contributed by atoms with Crippen molar-refractivity contribution in [2.24, 2.45) is 5.92 Å². The molecule has 4 aliphatic rings. The quantitative estimate of drug-likeness (QED) is 0.493. The molecule has 6 heteroatoms. The molecular weight excluding hydrogens is 310 g/mol.